The number of nitrogen functional groups attached to an aromatic ring is 1. The lowest BCUT2D eigenvalue weighted by molar-refractivity contribution is -0.134. The molecule has 1 aliphatic rings. The molecule has 1 amide bonds. The molecule has 3 rings (SSSR count). The number of carboxylic acid groups (broad SMARTS) is 1. The summed E-state index contributed by atoms with van der Waals surface area (Å²) in [5.74, 6) is -2.95. The molecule has 2 aromatic rings. The quantitative estimate of drug-likeness (QED) is 0.200. The van der Waals surface area contributed by atoms with Crippen molar-refractivity contribution in [2.24, 2.45) is 11.5 Å². The molecule has 0 saturated carbocycles. The van der Waals surface area contributed by atoms with E-state index >= 15 is 0 Å². The molecule has 1 heterocycles. The fraction of sp³-hybridized carbons (Fsp3) is 0.333. The van der Waals surface area contributed by atoms with Crippen molar-refractivity contribution in [1.29, 1.82) is 10.8 Å². The molecule has 12 nitrogen and oxygen atoms in total. The molecule has 0 aliphatic carbocycles. The molecule has 13 heteroatoms. The molecule has 7 N–H and O–H groups in total. The molecule has 1 aliphatic heterocycles. The number of amides is 1. The van der Waals surface area contributed by atoms with Crippen LogP contribution in [-0.2, 0) is 14.8 Å². The maximum Gasteiger partial charge on any atom is 0.320 e. The maximum atomic E-state index is 13.1. The first kappa shape index (κ1) is 30.2. The monoisotopic (exact) mass is 570 g/mol. The number of carbonyl (C=O) groups is 2. The zero-order chi connectivity index (χ0) is 29.6. The second-order valence-electron chi connectivity index (χ2n) is 9.62. The number of nitrogens with two attached hydrogens (primary N) is 2. The zero-order valence-corrected chi connectivity index (χ0v) is 23.2. The minimum Gasteiger partial charge on any atom is -0.489 e. The summed E-state index contributed by atoms with van der Waals surface area (Å²) in [4.78, 5) is 25.7. The average Bonchev–Trinajstić information content (AvgIpc) is 2.87. The fourth-order valence-electron chi connectivity index (χ4n) is 4.39. The first-order valence-corrected chi connectivity index (χ1v) is 14.1. The summed E-state index contributed by atoms with van der Waals surface area (Å²) in [7, 11) is -4.36. The lowest BCUT2D eigenvalue weighted by atomic mass is 10.1. The van der Waals surface area contributed by atoms with Gasteiger partial charge in [-0.3, -0.25) is 24.7 Å². The third kappa shape index (κ3) is 7.82. The summed E-state index contributed by atoms with van der Waals surface area (Å²) < 4.78 is 33.3. The van der Waals surface area contributed by atoms with Crippen LogP contribution in [0.5, 0.6) is 5.75 Å². The van der Waals surface area contributed by atoms with Crippen LogP contribution in [0.1, 0.15) is 48.2 Å². The Balaban J connectivity index is 1.94. The lowest BCUT2D eigenvalue weighted by Gasteiger charge is -2.33. The van der Waals surface area contributed by atoms with E-state index in [0.717, 1.165) is 4.31 Å². The number of carbonyl (C=O) groups excluding carboxylic acids is 1. The highest BCUT2D eigenvalue weighted by molar-refractivity contribution is 7.93. The SMILES string of the molecule is CC(=N)N1CCC(Oc2ccc(N(CC(C)=Cc3cccc(C(=N)N)c3)S(=O)(=O)CC(=O)O)cc2C(N)=O)CC1. The number of rotatable bonds is 11. The van der Waals surface area contributed by atoms with Gasteiger partial charge in [0.05, 0.1) is 23.6 Å². The van der Waals surface area contributed by atoms with Gasteiger partial charge in [0, 0.05) is 31.5 Å². The summed E-state index contributed by atoms with van der Waals surface area (Å²) in [6.45, 7) is 4.45. The number of benzene rings is 2. The van der Waals surface area contributed by atoms with Gasteiger partial charge in [0.25, 0.3) is 5.91 Å². The molecule has 2 aromatic carbocycles. The number of piperidine rings is 1. The van der Waals surface area contributed by atoms with Crippen molar-refractivity contribution < 1.29 is 27.9 Å². The molecule has 0 radical (unpaired) electrons. The minimum absolute atomic E-state index is 0.0329. The highest BCUT2D eigenvalue weighted by Gasteiger charge is 2.28. The fourth-order valence-corrected chi connectivity index (χ4v) is 5.70. The van der Waals surface area contributed by atoms with Gasteiger partial charge in [0.1, 0.15) is 17.7 Å². The van der Waals surface area contributed by atoms with E-state index in [2.05, 4.69) is 0 Å². The van der Waals surface area contributed by atoms with Crippen LogP contribution in [0.2, 0.25) is 0 Å². The molecule has 0 spiro atoms. The van der Waals surface area contributed by atoms with Gasteiger partial charge in [-0.1, -0.05) is 29.8 Å². The van der Waals surface area contributed by atoms with E-state index in [0.29, 0.717) is 48.5 Å². The molecule has 40 heavy (non-hydrogen) atoms. The van der Waals surface area contributed by atoms with Gasteiger partial charge in [-0.2, -0.15) is 0 Å². The van der Waals surface area contributed by atoms with Crippen molar-refractivity contribution in [1.82, 2.24) is 4.90 Å². The lowest BCUT2D eigenvalue weighted by Crippen LogP contribution is -2.40. The van der Waals surface area contributed by atoms with Gasteiger partial charge in [0.15, 0.2) is 5.75 Å². The number of amidine groups is 2. The van der Waals surface area contributed by atoms with Gasteiger partial charge in [-0.15, -0.1) is 0 Å². The van der Waals surface area contributed by atoms with Crippen LogP contribution in [0.4, 0.5) is 5.69 Å². The van der Waals surface area contributed by atoms with E-state index in [1.54, 1.807) is 44.2 Å². The number of hydrogen-bond acceptors (Lipinski definition) is 7. The van der Waals surface area contributed by atoms with Crippen LogP contribution in [0.3, 0.4) is 0 Å². The van der Waals surface area contributed by atoms with Crippen molar-refractivity contribution in [2.45, 2.75) is 32.8 Å². The Bertz CT molecular complexity index is 1450. The van der Waals surface area contributed by atoms with E-state index in [9.17, 15) is 23.1 Å². The van der Waals surface area contributed by atoms with Gasteiger partial charge in [-0.05, 0) is 43.7 Å². The molecular formula is C27H34N6O6S. The number of ether oxygens (including phenoxy) is 1. The van der Waals surface area contributed by atoms with Crippen LogP contribution in [-0.4, -0.2) is 73.5 Å². The number of carboxylic acids is 1. The Morgan fingerprint density at radius 3 is 2.38 bits per heavy atom. The summed E-state index contributed by atoms with van der Waals surface area (Å²) in [5, 5.41) is 24.7. The molecule has 0 atom stereocenters. The second kappa shape index (κ2) is 12.6. The van der Waals surface area contributed by atoms with Gasteiger partial charge in [0.2, 0.25) is 10.0 Å². The van der Waals surface area contributed by atoms with E-state index < -0.39 is 27.7 Å². The zero-order valence-electron chi connectivity index (χ0n) is 22.4. The molecular weight excluding hydrogens is 536 g/mol. The molecule has 0 aromatic heterocycles. The molecule has 1 saturated heterocycles. The third-order valence-corrected chi connectivity index (χ3v) is 8.00. The topological polar surface area (TPSA) is 204 Å². The Labute approximate surface area is 233 Å². The van der Waals surface area contributed by atoms with Crippen LogP contribution in [0.15, 0.2) is 48.0 Å². The third-order valence-electron chi connectivity index (χ3n) is 6.37. The first-order chi connectivity index (χ1) is 18.8. The number of aliphatic carboxylic acids is 1. The number of likely N-dealkylation sites (tertiary alicyclic amines) is 1. The van der Waals surface area contributed by atoms with Gasteiger partial charge in [-0.25, -0.2) is 8.42 Å². The Morgan fingerprint density at radius 1 is 1.12 bits per heavy atom. The number of anilines is 1. The largest absolute Gasteiger partial charge is 0.489 e. The van der Waals surface area contributed by atoms with E-state index in [-0.39, 0.29) is 35.5 Å². The van der Waals surface area contributed by atoms with Crippen molar-refractivity contribution >= 4 is 45.3 Å². The number of primary amides is 1. The van der Waals surface area contributed by atoms with Crippen LogP contribution >= 0.6 is 0 Å². The minimum atomic E-state index is -4.36. The van der Waals surface area contributed by atoms with Gasteiger partial charge >= 0.3 is 5.97 Å². The number of sulfonamides is 1. The Hall–Kier alpha value is -4.39. The predicted octanol–water partition coefficient (Wildman–Crippen LogP) is 2.23. The van der Waals surface area contributed by atoms with Crippen molar-refractivity contribution in [3.05, 3.63) is 64.7 Å². The normalized spacial score (nSPS) is 14.4. The molecule has 214 valence electrons. The molecule has 1 fully saturated rings. The number of hydrogen-bond donors (Lipinski definition) is 5. The maximum absolute atomic E-state index is 13.1. The number of nitrogens with zero attached hydrogens (tertiary/aromatic N) is 2. The van der Waals surface area contributed by atoms with Crippen molar-refractivity contribution in [2.75, 3.05) is 29.7 Å². The summed E-state index contributed by atoms with van der Waals surface area (Å²) >= 11 is 0. The predicted molar refractivity (Wildman–Crippen MR) is 153 cm³/mol. The van der Waals surface area contributed by atoms with Gasteiger partial charge < -0.3 is 26.2 Å². The van der Waals surface area contributed by atoms with Crippen LogP contribution in [0.25, 0.3) is 6.08 Å². The smallest absolute Gasteiger partial charge is 0.320 e. The van der Waals surface area contributed by atoms with E-state index in [1.165, 1.54) is 18.2 Å². The van der Waals surface area contributed by atoms with E-state index in [4.69, 9.17) is 27.0 Å². The second-order valence-corrected chi connectivity index (χ2v) is 11.5. The van der Waals surface area contributed by atoms with E-state index in [1.807, 2.05) is 4.90 Å². The van der Waals surface area contributed by atoms with Crippen LogP contribution in [0, 0.1) is 10.8 Å². The molecule has 0 bridgehead atoms. The Morgan fingerprint density at radius 2 is 1.80 bits per heavy atom. The Kier molecular flexibility index (Phi) is 9.53. The van der Waals surface area contributed by atoms with Crippen molar-refractivity contribution in [3.8, 4) is 5.75 Å². The standard InChI is InChI=1S/C27H34N6O6S/c1-17(12-19-4-3-5-20(13-19)26(29)30)15-33(40(37,38)16-25(34)35)21-6-7-24(23(14-21)27(31)36)39-22-8-10-32(11-9-22)18(2)28/h3-7,12-14,22,28H,8-11,15-16H2,1-2H3,(H3,29,30)(H2,31,36)(H,34,35). The summed E-state index contributed by atoms with van der Waals surface area (Å²) in [6.07, 6.45) is 2.74. The summed E-state index contributed by atoms with van der Waals surface area (Å²) in [5.41, 5.74) is 12.9. The highest BCUT2D eigenvalue weighted by atomic mass is 32.2. The summed E-state index contributed by atoms with van der Waals surface area (Å²) in [6, 6.07) is 11.0. The first-order valence-electron chi connectivity index (χ1n) is 12.5. The molecule has 0 unspecified atom stereocenters. The number of nitrogens with one attached hydrogen (secondary N) is 2. The average molecular weight is 571 g/mol. The van der Waals surface area contributed by atoms with Crippen LogP contribution < -0.4 is 20.5 Å². The van der Waals surface area contributed by atoms with Crippen molar-refractivity contribution in [3.63, 3.8) is 0 Å². The highest BCUT2D eigenvalue weighted by Crippen LogP contribution is 2.30.